The maximum absolute atomic E-state index is 13.8. The molecule has 1 aromatic rings. The van der Waals surface area contributed by atoms with Crippen molar-refractivity contribution in [3.05, 3.63) is 34.1 Å². The van der Waals surface area contributed by atoms with Crippen LogP contribution in [0.4, 0.5) is 4.39 Å². The Balaban J connectivity index is 2.05. The van der Waals surface area contributed by atoms with Gasteiger partial charge in [0.1, 0.15) is 5.82 Å². The third-order valence-corrected chi connectivity index (χ3v) is 4.83. The van der Waals surface area contributed by atoms with E-state index in [1.165, 1.54) is 25.3 Å². The highest BCUT2D eigenvalue weighted by Gasteiger charge is 2.28. The summed E-state index contributed by atoms with van der Waals surface area (Å²) >= 11 is 3.42. The lowest BCUT2D eigenvalue weighted by Gasteiger charge is -2.34. The van der Waals surface area contributed by atoms with Crippen LogP contribution >= 0.6 is 15.9 Å². The van der Waals surface area contributed by atoms with Crippen LogP contribution in [0.15, 0.2) is 22.7 Å². The van der Waals surface area contributed by atoms with E-state index in [1.807, 2.05) is 6.07 Å². The fourth-order valence-corrected chi connectivity index (χ4v) is 3.68. The van der Waals surface area contributed by atoms with Gasteiger partial charge in [0.2, 0.25) is 0 Å². The van der Waals surface area contributed by atoms with Crippen molar-refractivity contribution in [2.45, 2.75) is 51.5 Å². The second-order valence-corrected chi connectivity index (χ2v) is 6.75. The molecule has 1 aliphatic carbocycles. The van der Waals surface area contributed by atoms with Crippen LogP contribution in [0.25, 0.3) is 0 Å². The minimum Gasteiger partial charge on any atom is -0.327 e. The van der Waals surface area contributed by atoms with Gasteiger partial charge in [-0.25, -0.2) is 4.39 Å². The molecule has 0 radical (unpaired) electrons. The molecule has 1 aliphatic rings. The van der Waals surface area contributed by atoms with Gasteiger partial charge in [0.05, 0.1) is 0 Å². The van der Waals surface area contributed by atoms with Crippen molar-refractivity contribution in [3.8, 4) is 0 Å². The maximum atomic E-state index is 13.8. The molecule has 19 heavy (non-hydrogen) atoms. The third-order valence-electron chi connectivity index (χ3n) is 4.34. The van der Waals surface area contributed by atoms with Crippen molar-refractivity contribution < 1.29 is 4.39 Å². The summed E-state index contributed by atoms with van der Waals surface area (Å²) in [7, 11) is 0. The number of hydrogen-bond donors (Lipinski definition) is 1. The molecule has 1 aromatic carbocycles. The second kappa shape index (κ2) is 6.85. The van der Waals surface area contributed by atoms with E-state index < -0.39 is 0 Å². The van der Waals surface area contributed by atoms with Crippen LogP contribution < -0.4 is 5.73 Å². The van der Waals surface area contributed by atoms with Crippen LogP contribution in [0.5, 0.6) is 0 Å². The Labute approximate surface area is 123 Å². The summed E-state index contributed by atoms with van der Waals surface area (Å²) < 4.78 is 14.8. The van der Waals surface area contributed by atoms with Crippen LogP contribution in [0.1, 0.15) is 44.6 Å². The summed E-state index contributed by atoms with van der Waals surface area (Å²) in [6.45, 7) is 2.23. The van der Waals surface area contributed by atoms with Gasteiger partial charge in [0, 0.05) is 10.5 Å². The Morgan fingerprint density at radius 2 is 2.16 bits per heavy atom. The van der Waals surface area contributed by atoms with Crippen molar-refractivity contribution in [1.29, 1.82) is 0 Å². The average Bonchev–Trinajstić information content (AvgIpc) is 2.38. The zero-order valence-electron chi connectivity index (χ0n) is 11.5. The molecule has 106 valence electrons. The van der Waals surface area contributed by atoms with Gasteiger partial charge in [-0.2, -0.15) is 0 Å². The monoisotopic (exact) mass is 327 g/mol. The Morgan fingerprint density at radius 1 is 1.37 bits per heavy atom. The van der Waals surface area contributed by atoms with Gasteiger partial charge in [-0.15, -0.1) is 0 Å². The predicted molar refractivity (Wildman–Crippen MR) is 81.5 cm³/mol. The Morgan fingerprint density at radius 3 is 2.89 bits per heavy atom. The van der Waals surface area contributed by atoms with Gasteiger partial charge < -0.3 is 5.73 Å². The number of rotatable bonds is 4. The molecular weight excluding hydrogens is 305 g/mol. The average molecular weight is 328 g/mol. The van der Waals surface area contributed by atoms with Gasteiger partial charge >= 0.3 is 0 Å². The maximum Gasteiger partial charge on any atom is 0.126 e. The molecule has 2 rings (SSSR count). The molecule has 3 atom stereocenters. The van der Waals surface area contributed by atoms with Crippen molar-refractivity contribution in [2.24, 2.45) is 17.6 Å². The third kappa shape index (κ3) is 4.03. The first-order valence-corrected chi connectivity index (χ1v) is 8.09. The number of benzene rings is 1. The Hall–Kier alpha value is -0.410. The van der Waals surface area contributed by atoms with Crippen molar-refractivity contribution >= 4 is 15.9 Å². The fraction of sp³-hybridized carbons (Fsp3) is 0.625. The minimum absolute atomic E-state index is 0.104. The summed E-state index contributed by atoms with van der Waals surface area (Å²) in [5.74, 6) is 1.10. The predicted octanol–water partition coefficient (Wildman–Crippen LogP) is 4.67. The molecule has 0 aliphatic heterocycles. The lowest BCUT2D eigenvalue weighted by Crippen LogP contribution is -2.37. The zero-order chi connectivity index (χ0) is 13.8. The summed E-state index contributed by atoms with van der Waals surface area (Å²) in [5, 5.41) is 0. The molecule has 0 aromatic heterocycles. The van der Waals surface area contributed by atoms with Gasteiger partial charge in [-0.1, -0.05) is 35.7 Å². The van der Waals surface area contributed by atoms with E-state index in [4.69, 9.17) is 5.73 Å². The first-order chi connectivity index (χ1) is 9.10. The molecule has 2 N–H and O–H groups in total. The highest BCUT2D eigenvalue weighted by atomic mass is 79.9. The normalized spacial score (nSPS) is 27.5. The molecule has 1 fully saturated rings. The number of hydrogen-bond acceptors (Lipinski definition) is 1. The first-order valence-electron chi connectivity index (χ1n) is 7.29. The van der Waals surface area contributed by atoms with Crippen LogP contribution in [0, 0.1) is 17.7 Å². The molecule has 0 amide bonds. The molecule has 3 heteroatoms. The number of halogens is 2. The van der Waals surface area contributed by atoms with E-state index in [0.717, 1.165) is 35.2 Å². The standard InChI is InChI=1S/C16H23BrFN/c1-2-3-11-4-7-16(19)13(8-11)9-12-10-14(17)5-6-15(12)18/h5-6,10-11,13,16H,2-4,7-9,19H2,1H3. The highest BCUT2D eigenvalue weighted by molar-refractivity contribution is 9.10. The van der Waals surface area contributed by atoms with Crippen LogP contribution in [0.3, 0.4) is 0 Å². The van der Waals surface area contributed by atoms with E-state index >= 15 is 0 Å². The molecule has 1 nitrogen and oxygen atoms in total. The van der Waals surface area contributed by atoms with Crippen LogP contribution in [0.2, 0.25) is 0 Å². The van der Waals surface area contributed by atoms with Gasteiger partial charge in [-0.05, 0) is 61.3 Å². The quantitative estimate of drug-likeness (QED) is 0.854. The molecule has 0 heterocycles. The van der Waals surface area contributed by atoms with E-state index in [2.05, 4.69) is 22.9 Å². The van der Waals surface area contributed by atoms with Crippen LogP contribution in [-0.4, -0.2) is 6.04 Å². The van der Waals surface area contributed by atoms with Crippen LogP contribution in [-0.2, 0) is 6.42 Å². The van der Waals surface area contributed by atoms with Crippen molar-refractivity contribution in [1.82, 2.24) is 0 Å². The molecule has 0 spiro atoms. The molecule has 3 unspecified atom stereocenters. The Kier molecular flexibility index (Phi) is 5.40. The molecule has 0 saturated heterocycles. The molecular formula is C16H23BrFN. The Bertz CT molecular complexity index is 421. The zero-order valence-corrected chi connectivity index (χ0v) is 13.1. The van der Waals surface area contributed by atoms with Crippen molar-refractivity contribution in [2.75, 3.05) is 0 Å². The summed E-state index contributed by atoms with van der Waals surface area (Å²) in [6.07, 6.45) is 6.77. The van der Waals surface area contributed by atoms with E-state index in [9.17, 15) is 4.39 Å². The topological polar surface area (TPSA) is 26.0 Å². The summed E-state index contributed by atoms with van der Waals surface area (Å²) in [6, 6.07) is 5.41. The minimum atomic E-state index is -0.104. The SMILES string of the molecule is CCCC1CCC(N)C(Cc2cc(Br)ccc2F)C1. The van der Waals surface area contributed by atoms with E-state index in [-0.39, 0.29) is 11.9 Å². The summed E-state index contributed by atoms with van der Waals surface area (Å²) in [4.78, 5) is 0. The van der Waals surface area contributed by atoms with E-state index in [1.54, 1.807) is 6.07 Å². The molecule has 0 bridgehead atoms. The van der Waals surface area contributed by atoms with E-state index in [0.29, 0.717) is 5.92 Å². The van der Waals surface area contributed by atoms with Crippen molar-refractivity contribution in [3.63, 3.8) is 0 Å². The molecule has 1 saturated carbocycles. The number of nitrogens with two attached hydrogens (primary N) is 1. The first kappa shape index (κ1) is 15.0. The van der Waals surface area contributed by atoms with Gasteiger partial charge in [-0.3, -0.25) is 0 Å². The smallest absolute Gasteiger partial charge is 0.126 e. The lowest BCUT2D eigenvalue weighted by molar-refractivity contribution is 0.220. The van der Waals surface area contributed by atoms with Gasteiger partial charge in [0.15, 0.2) is 0 Å². The lowest BCUT2D eigenvalue weighted by atomic mass is 9.74. The highest BCUT2D eigenvalue weighted by Crippen LogP contribution is 2.34. The van der Waals surface area contributed by atoms with Gasteiger partial charge in [0.25, 0.3) is 0 Å². The largest absolute Gasteiger partial charge is 0.327 e. The second-order valence-electron chi connectivity index (χ2n) is 5.83. The fourth-order valence-electron chi connectivity index (χ4n) is 3.27. The summed E-state index contributed by atoms with van der Waals surface area (Å²) in [5.41, 5.74) is 7.04.